The summed E-state index contributed by atoms with van der Waals surface area (Å²) in [5.74, 6) is -0.787. The van der Waals surface area contributed by atoms with E-state index in [2.05, 4.69) is 10.3 Å². The van der Waals surface area contributed by atoms with Crippen LogP contribution >= 0.6 is 0 Å². The Morgan fingerprint density at radius 1 is 1.21 bits per heavy atom. The summed E-state index contributed by atoms with van der Waals surface area (Å²) in [6, 6.07) is 6.95. The molecule has 0 saturated heterocycles. The van der Waals surface area contributed by atoms with Gasteiger partial charge in [-0.05, 0) is 55.8 Å². The Kier molecular flexibility index (Phi) is 5.08. The van der Waals surface area contributed by atoms with Gasteiger partial charge in [0.25, 0.3) is 5.56 Å². The second kappa shape index (κ2) is 7.23. The van der Waals surface area contributed by atoms with Crippen LogP contribution in [-0.4, -0.2) is 20.6 Å². The molecule has 0 aliphatic carbocycles. The Bertz CT molecular complexity index is 1150. The van der Waals surface area contributed by atoms with E-state index in [1.54, 1.807) is 6.92 Å². The number of rotatable bonds is 4. The van der Waals surface area contributed by atoms with Gasteiger partial charge in [0.2, 0.25) is 0 Å². The van der Waals surface area contributed by atoms with Crippen LogP contribution in [0, 0.1) is 6.92 Å². The molecule has 3 aromatic rings. The molecule has 0 aliphatic heterocycles. The van der Waals surface area contributed by atoms with Crippen molar-refractivity contribution >= 4 is 22.6 Å². The van der Waals surface area contributed by atoms with E-state index in [4.69, 9.17) is 5.11 Å². The molecule has 6 nitrogen and oxygen atoms in total. The first kappa shape index (κ1) is 20.4. The van der Waals surface area contributed by atoms with Gasteiger partial charge in [-0.1, -0.05) is 0 Å². The summed E-state index contributed by atoms with van der Waals surface area (Å²) in [4.78, 5) is 27.6. The number of nitrogens with one attached hydrogen (secondary N) is 1. The molecule has 29 heavy (non-hydrogen) atoms. The van der Waals surface area contributed by atoms with Crippen LogP contribution in [0.15, 0.2) is 41.2 Å². The van der Waals surface area contributed by atoms with Crippen molar-refractivity contribution < 1.29 is 23.1 Å². The number of carboxylic acid groups (broad SMARTS) is 1. The molecule has 0 aliphatic rings. The first-order valence-corrected chi connectivity index (χ1v) is 8.67. The van der Waals surface area contributed by atoms with Crippen LogP contribution in [-0.2, 0) is 13.2 Å². The number of aryl methyl sites for hydroxylation is 1. The lowest BCUT2D eigenvalue weighted by Crippen LogP contribution is -2.22. The highest BCUT2D eigenvalue weighted by Gasteiger charge is 2.35. The van der Waals surface area contributed by atoms with Crippen LogP contribution in [0.25, 0.3) is 10.9 Å². The predicted octanol–water partition coefficient (Wildman–Crippen LogP) is 4.13. The van der Waals surface area contributed by atoms with Crippen molar-refractivity contribution in [1.29, 1.82) is 0 Å². The molecule has 1 aromatic heterocycles. The number of aromatic carboxylic acids is 1. The molecule has 152 valence electrons. The Hall–Kier alpha value is -3.36. The second-order valence-corrected chi connectivity index (χ2v) is 6.73. The Morgan fingerprint density at radius 3 is 2.38 bits per heavy atom. The van der Waals surface area contributed by atoms with Crippen LogP contribution in [0.5, 0.6) is 0 Å². The number of benzene rings is 2. The number of hydrogen-bond acceptors (Lipinski definition) is 4. The van der Waals surface area contributed by atoms with E-state index in [-0.39, 0.29) is 22.0 Å². The fourth-order valence-electron chi connectivity index (χ4n) is 3.09. The van der Waals surface area contributed by atoms with Crippen LogP contribution < -0.4 is 10.9 Å². The average Bonchev–Trinajstić information content (AvgIpc) is 2.65. The number of aromatic nitrogens is 2. The summed E-state index contributed by atoms with van der Waals surface area (Å²) >= 11 is 0. The molecule has 0 saturated carbocycles. The average molecular weight is 405 g/mol. The van der Waals surface area contributed by atoms with Gasteiger partial charge in [-0.25, -0.2) is 9.78 Å². The standard InChI is InChI=1S/C20H18F3N3O3/c1-10(24-13-6-4-12(5-7-13)19(28)29)14-8-15-17(9-16(14)20(21,22)23)25-11(2)26(3)18(15)27/h4-10,24H,1-3H3,(H,28,29)/t10-/m0/s1. The lowest BCUT2D eigenvalue weighted by molar-refractivity contribution is -0.138. The third-order valence-electron chi connectivity index (χ3n) is 4.76. The van der Waals surface area contributed by atoms with Gasteiger partial charge in [0.15, 0.2) is 0 Å². The van der Waals surface area contributed by atoms with Gasteiger partial charge in [0.05, 0.1) is 22.0 Å². The molecule has 0 amide bonds. The van der Waals surface area contributed by atoms with E-state index in [0.717, 1.165) is 6.07 Å². The van der Waals surface area contributed by atoms with E-state index in [0.29, 0.717) is 11.5 Å². The van der Waals surface area contributed by atoms with Crippen molar-refractivity contribution in [3.05, 3.63) is 69.3 Å². The van der Waals surface area contributed by atoms with Crippen molar-refractivity contribution in [3.8, 4) is 0 Å². The number of anilines is 1. The molecule has 0 fully saturated rings. The summed E-state index contributed by atoms with van der Waals surface area (Å²) in [6.45, 7) is 3.08. The molecule has 2 aromatic carbocycles. The molecule has 0 spiro atoms. The highest BCUT2D eigenvalue weighted by atomic mass is 19.4. The number of alkyl halides is 3. The van der Waals surface area contributed by atoms with Gasteiger partial charge in [0, 0.05) is 18.8 Å². The third kappa shape index (κ3) is 3.94. The maximum absolute atomic E-state index is 13.7. The molecule has 0 radical (unpaired) electrons. The zero-order valence-electron chi connectivity index (χ0n) is 15.8. The first-order valence-electron chi connectivity index (χ1n) is 8.67. The van der Waals surface area contributed by atoms with Gasteiger partial charge in [-0.2, -0.15) is 13.2 Å². The Labute approximate surface area is 163 Å². The lowest BCUT2D eigenvalue weighted by Gasteiger charge is -2.21. The first-order chi connectivity index (χ1) is 13.5. The van der Waals surface area contributed by atoms with Gasteiger partial charge in [-0.15, -0.1) is 0 Å². The van der Waals surface area contributed by atoms with Gasteiger partial charge in [-0.3, -0.25) is 9.36 Å². The molecule has 0 bridgehead atoms. The molecule has 0 unspecified atom stereocenters. The fraction of sp³-hybridized carbons (Fsp3) is 0.250. The normalized spacial score (nSPS) is 12.8. The maximum Gasteiger partial charge on any atom is 0.416 e. The summed E-state index contributed by atoms with van der Waals surface area (Å²) < 4.78 is 42.4. The lowest BCUT2D eigenvalue weighted by atomic mass is 9.98. The second-order valence-electron chi connectivity index (χ2n) is 6.73. The molecule has 3 rings (SSSR count). The Morgan fingerprint density at radius 2 is 1.83 bits per heavy atom. The summed E-state index contributed by atoms with van der Waals surface area (Å²) in [6.07, 6.45) is -4.64. The molecule has 9 heteroatoms. The minimum absolute atomic E-state index is 0.0142. The number of carboxylic acids is 1. The summed E-state index contributed by atoms with van der Waals surface area (Å²) in [7, 11) is 1.51. The van der Waals surface area contributed by atoms with Crippen LogP contribution in [0.4, 0.5) is 18.9 Å². The summed E-state index contributed by atoms with van der Waals surface area (Å²) in [5.41, 5.74) is -0.914. The number of carbonyl (C=O) groups is 1. The highest BCUT2D eigenvalue weighted by molar-refractivity contribution is 5.88. The van der Waals surface area contributed by atoms with E-state index >= 15 is 0 Å². The quantitative estimate of drug-likeness (QED) is 0.682. The fourth-order valence-corrected chi connectivity index (χ4v) is 3.09. The van der Waals surface area contributed by atoms with Crippen molar-refractivity contribution in [3.63, 3.8) is 0 Å². The minimum atomic E-state index is -4.64. The van der Waals surface area contributed by atoms with Gasteiger partial charge < -0.3 is 10.4 Å². The highest BCUT2D eigenvalue weighted by Crippen LogP contribution is 2.37. The number of fused-ring (bicyclic) bond motifs is 1. The molecule has 1 heterocycles. The molecular formula is C20H18F3N3O3. The van der Waals surface area contributed by atoms with Gasteiger partial charge in [0.1, 0.15) is 5.82 Å². The summed E-state index contributed by atoms with van der Waals surface area (Å²) in [5, 5.41) is 12.0. The van der Waals surface area contributed by atoms with E-state index in [1.807, 2.05) is 0 Å². The smallest absolute Gasteiger partial charge is 0.416 e. The molecule has 1 atom stereocenters. The SMILES string of the molecule is Cc1nc2cc(C(F)(F)F)c([C@H](C)Nc3ccc(C(=O)O)cc3)cc2c(=O)n1C. The van der Waals surface area contributed by atoms with E-state index in [1.165, 1.54) is 48.9 Å². The largest absolute Gasteiger partial charge is 0.478 e. The van der Waals surface area contributed by atoms with Crippen molar-refractivity contribution in [1.82, 2.24) is 9.55 Å². The number of nitrogens with zero attached hydrogens (tertiary/aromatic N) is 2. The molecule has 2 N–H and O–H groups in total. The van der Waals surface area contributed by atoms with E-state index < -0.39 is 29.3 Å². The monoisotopic (exact) mass is 405 g/mol. The van der Waals surface area contributed by atoms with Crippen LogP contribution in [0.2, 0.25) is 0 Å². The Balaban J connectivity index is 2.10. The van der Waals surface area contributed by atoms with Crippen molar-refractivity contribution in [2.24, 2.45) is 7.05 Å². The van der Waals surface area contributed by atoms with E-state index in [9.17, 15) is 22.8 Å². The van der Waals surface area contributed by atoms with Crippen molar-refractivity contribution in [2.45, 2.75) is 26.1 Å². The topological polar surface area (TPSA) is 84.2 Å². The van der Waals surface area contributed by atoms with Crippen LogP contribution in [0.1, 0.15) is 40.3 Å². The van der Waals surface area contributed by atoms with Gasteiger partial charge >= 0.3 is 12.1 Å². The number of halogens is 3. The predicted molar refractivity (Wildman–Crippen MR) is 102 cm³/mol. The zero-order valence-corrected chi connectivity index (χ0v) is 15.8. The number of hydrogen-bond donors (Lipinski definition) is 2. The molecular weight excluding hydrogens is 387 g/mol. The third-order valence-corrected chi connectivity index (χ3v) is 4.76. The maximum atomic E-state index is 13.7. The zero-order chi connectivity index (χ0) is 21.5. The minimum Gasteiger partial charge on any atom is -0.478 e. The van der Waals surface area contributed by atoms with Crippen molar-refractivity contribution in [2.75, 3.05) is 5.32 Å². The van der Waals surface area contributed by atoms with Crippen LogP contribution in [0.3, 0.4) is 0 Å².